The number of rotatable bonds is 3. The number of ether oxygens (including phenoxy) is 1. The quantitative estimate of drug-likeness (QED) is 0.574. The number of nitrogens with one attached hydrogen (secondary N) is 3. The predicted molar refractivity (Wildman–Crippen MR) is 141 cm³/mol. The second-order valence-electron chi connectivity index (χ2n) is 10.4. The van der Waals surface area contributed by atoms with Crippen molar-refractivity contribution in [2.75, 3.05) is 26.2 Å². The van der Waals surface area contributed by atoms with Crippen LogP contribution in [0.25, 0.3) is 0 Å². The third-order valence-corrected chi connectivity index (χ3v) is 6.78. The first-order valence-corrected chi connectivity index (χ1v) is 13.7. The molecular weight excluding hydrogens is 472 g/mol. The number of hydrogen-bond donors (Lipinski definition) is 3. The van der Waals surface area contributed by atoms with Crippen LogP contribution in [0, 0.1) is 5.92 Å². The van der Waals surface area contributed by atoms with E-state index in [0.717, 1.165) is 44.9 Å². The Kier molecular flexibility index (Phi) is 11.2. The Morgan fingerprint density at radius 1 is 0.973 bits per heavy atom. The molecule has 2 heterocycles. The zero-order chi connectivity index (χ0) is 26.6. The molecule has 9 nitrogen and oxygen atoms in total. The van der Waals surface area contributed by atoms with Crippen LogP contribution in [0.1, 0.15) is 82.0 Å². The van der Waals surface area contributed by atoms with E-state index in [-0.39, 0.29) is 24.2 Å². The largest absolute Gasteiger partial charge is 0.493 e. The van der Waals surface area contributed by atoms with Crippen LogP contribution in [0.3, 0.4) is 0 Å². The van der Waals surface area contributed by atoms with Gasteiger partial charge >= 0.3 is 0 Å². The Balaban J connectivity index is 1.84. The monoisotopic (exact) mass is 514 g/mol. The zero-order valence-electron chi connectivity index (χ0n) is 22.2. The molecular formula is C28H42N4O5. The topological polar surface area (TPSA) is 117 Å². The van der Waals surface area contributed by atoms with E-state index in [4.69, 9.17) is 4.74 Å². The maximum atomic E-state index is 13.4. The van der Waals surface area contributed by atoms with Crippen LogP contribution in [-0.4, -0.2) is 66.9 Å². The average Bonchev–Trinajstić information content (AvgIpc) is 2.88. The van der Waals surface area contributed by atoms with Crippen molar-refractivity contribution >= 4 is 23.6 Å². The highest BCUT2D eigenvalue weighted by Gasteiger charge is 2.31. The van der Waals surface area contributed by atoms with Gasteiger partial charge in [-0.2, -0.15) is 0 Å². The minimum Gasteiger partial charge on any atom is -0.493 e. The Morgan fingerprint density at radius 2 is 1.68 bits per heavy atom. The molecule has 3 rings (SSSR count). The van der Waals surface area contributed by atoms with Crippen molar-refractivity contribution < 1.29 is 23.9 Å². The molecule has 4 amide bonds. The van der Waals surface area contributed by atoms with Crippen LogP contribution in [0.2, 0.25) is 0 Å². The molecule has 0 radical (unpaired) electrons. The van der Waals surface area contributed by atoms with Crippen molar-refractivity contribution in [1.29, 1.82) is 0 Å². The number of carbonyl (C=O) groups is 4. The molecule has 1 aromatic rings. The van der Waals surface area contributed by atoms with Crippen LogP contribution >= 0.6 is 0 Å². The second kappa shape index (κ2) is 14.6. The minimum absolute atomic E-state index is 0.191. The number of carbonyl (C=O) groups excluding carboxylic acids is 4. The second-order valence-corrected chi connectivity index (χ2v) is 10.4. The van der Waals surface area contributed by atoms with Crippen molar-refractivity contribution in [3.05, 3.63) is 29.8 Å². The number of nitrogens with zero attached hydrogens (tertiary/aromatic N) is 1. The smallest absolute Gasteiger partial charge is 0.255 e. The van der Waals surface area contributed by atoms with Crippen LogP contribution in [0.5, 0.6) is 5.75 Å². The van der Waals surface area contributed by atoms with Gasteiger partial charge in [-0.15, -0.1) is 0 Å². The summed E-state index contributed by atoms with van der Waals surface area (Å²) >= 11 is 0. The number of hydrogen-bond acceptors (Lipinski definition) is 5. The van der Waals surface area contributed by atoms with Gasteiger partial charge in [-0.05, 0) is 56.6 Å². The molecule has 1 aromatic carbocycles. The van der Waals surface area contributed by atoms with Gasteiger partial charge in [-0.25, -0.2) is 0 Å². The molecule has 1 saturated heterocycles. The number of benzene rings is 1. The standard InChI is InChI=1S/C28H42N4O5/c1-20(2)18-22-27(35)29-14-8-3-4-11-17-37-24-13-7-6-12-21(24)26(34)31-23(19-25(33)30-22)28(36)32-15-9-5-10-16-32/h6-7,12-13,20,22-23H,3-5,8-11,14-19H2,1-2H3,(H,29,35)(H,30,33)(H,31,34)/t22-,23-/m0/s1. The summed E-state index contributed by atoms with van der Waals surface area (Å²) in [5.74, 6) is -0.752. The molecule has 0 spiro atoms. The molecule has 2 aliphatic rings. The Bertz CT molecular complexity index is 929. The summed E-state index contributed by atoms with van der Waals surface area (Å²) in [7, 11) is 0. The van der Waals surface area contributed by atoms with E-state index < -0.39 is 23.9 Å². The first-order chi connectivity index (χ1) is 17.8. The van der Waals surface area contributed by atoms with Gasteiger partial charge in [0.25, 0.3) is 5.91 Å². The molecule has 1 fully saturated rings. The molecule has 37 heavy (non-hydrogen) atoms. The summed E-state index contributed by atoms with van der Waals surface area (Å²) in [6, 6.07) is 5.22. The third-order valence-electron chi connectivity index (χ3n) is 6.78. The summed E-state index contributed by atoms with van der Waals surface area (Å²) in [6.45, 7) is 6.20. The van der Waals surface area contributed by atoms with Gasteiger partial charge in [0, 0.05) is 19.6 Å². The van der Waals surface area contributed by atoms with Crippen LogP contribution < -0.4 is 20.7 Å². The molecule has 9 heteroatoms. The van der Waals surface area contributed by atoms with E-state index in [2.05, 4.69) is 16.0 Å². The molecule has 0 aliphatic carbocycles. The molecule has 0 unspecified atom stereocenters. The molecule has 204 valence electrons. The van der Waals surface area contributed by atoms with E-state index >= 15 is 0 Å². The molecule has 0 aromatic heterocycles. The summed E-state index contributed by atoms with van der Waals surface area (Å²) in [4.78, 5) is 54.4. The van der Waals surface area contributed by atoms with Crippen molar-refractivity contribution in [2.24, 2.45) is 5.92 Å². The highest BCUT2D eigenvalue weighted by atomic mass is 16.5. The fraction of sp³-hybridized carbons (Fsp3) is 0.643. The van der Waals surface area contributed by atoms with E-state index in [1.54, 1.807) is 29.2 Å². The van der Waals surface area contributed by atoms with E-state index in [1.807, 2.05) is 13.8 Å². The van der Waals surface area contributed by atoms with Gasteiger partial charge in [0.2, 0.25) is 17.7 Å². The van der Waals surface area contributed by atoms with E-state index in [0.29, 0.717) is 44.0 Å². The lowest BCUT2D eigenvalue weighted by molar-refractivity contribution is -0.137. The Hall–Kier alpha value is -3.10. The summed E-state index contributed by atoms with van der Waals surface area (Å²) in [5.41, 5.74) is 0.331. The summed E-state index contributed by atoms with van der Waals surface area (Å²) in [5, 5.41) is 8.57. The van der Waals surface area contributed by atoms with Crippen molar-refractivity contribution in [1.82, 2.24) is 20.9 Å². The number of para-hydroxylation sites is 1. The fourth-order valence-electron chi connectivity index (χ4n) is 4.79. The van der Waals surface area contributed by atoms with Gasteiger partial charge in [-0.1, -0.05) is 38.8 Å². The highest BCUT2D eigenvalue weighted by Crippen LogP contribution is 2.20. The molecule has 2 atom stereocenters. The van der Waals surface area contributed by atoms with Gasteiger partial charge in [0.1, 0.15) is 17.8 Å². The van der Waals surface area contributed by atoms with Gasteiger partial charge in [-0.3, -0.25) is 19.2 Å². The Labute approximate surface area is 220 Å². The van der Waals surface area contributed by atoms with E-state index in [1.165, 1.54) is 0 Å². The number of amides is 4. The maximum absolute atomic E-state index is 13.4. The lowest BCUT2D eigenvalue weighted by Gasteiger charge is -2.31. The fourth-order valence-corrected chi connectivity index (χ4v) is 4.79. The number of piperidine rings is 1. The minimum atomic E-state index is -1.04. The maximum Gasteiger partial charge on any atom is 0.255 e. The van der Waals surface area contributed by atoms with Crippen molar-refractivity contribution in [3.63, 3.8) is 0 Å². The first kappa shape index (κ1) is 28.5. The Morgan fingerprint density at radius 3 is 2.43 bits per heavy atom. The van der Waals surface area contributed by atoms with Gasteiger partial charge in [0.05, 0.1) is 18.6 Å². The van der Waals surface area contributed by atoms with Gasteiger partial charge < -0.3 is 25.6 Å². The molecule has 0 saturated carbocycles. The molecule has 2 aliphatic heterocycles. The normalized spacial score (nSPS) is 23.0. The van der Waals surface area contributed by atoms with E-state index in [9.17, 15) is 19.2 Å². The summed E-state index contributed by atoms with van der Waals surface area (Å²) < 4.78 is 5.90. The van der Waals surface area contributed by atoms with Crippen molar-refractivity contribution in [2.45, 2.75) is 83.7 Å². The zero-order valence-corrected chi connectivity index (χ0v) is 22.2. The lowest BCUT2D eigenvalue weighted by Crippen LogP contribution is -2.53. The first-order valence-electron chi connectivity index (χ1n) is 13.7. The predicted octanol–water partition coefficient (Wildman–Crippen LogP) is 2.79. The van der Waals surface area contributed by atoms with Crippen LogP contribution in [0.15, 0.2) is 24.3 Å². The SMILES string of the molecule is CC(C)C[C@@H]1NC(=O)C[C@@H](C(=O)N2CCCCC2)NC(=O)c2ccccc2OCCCCCCNC1=O. The van der Waals surface area contributed by atoms with Crippen molar-refractivity contribution in [3.8, 4) is 5.75 Å². The molecule has 0 bridgehead atoms. The molecule has 3 N–H and O–H groups in total. The number of fused-ring (bicyclic) bond motifs is 1. The number of likely N-dealkylation sites (tertiary alicyclic amines) is 1. The highest BCUT2D eigenvalue weighted by molar-refractivity contribution is 6.01. The lowest BCUT2D eigenvalue weighted by atomic mass is 10.0. The average molecular weight is 515 g/mol. The van der Waals surface area contributed by atoms with Crippen LogP contribution in [0.4, 0.5) is 0 Å². The van der Waals surface area contributed by atoms with Gasteiger partial charge in [0.15, 0.2) is 0 Å². The summed E-state index contributed by atoms with van der Waals surface area (Å²) in [6.07, 6.45) is 6.61. The third kappa shape index (κ3) is 9.05. The van der Waals surface area contributed by atoms with Crippen LogP contribution in [-0.2, 0) is 14.4 Å².